The topological polar surface area (TPSA) is 83.8 Å². The fourth-order valence-electron chi connectivity index (χ4n) is 1.17. The molecule has 18 heavy (non-hydrogen) atoms. The van der Waals surface area contributed by atoms with Crippen LogP contribution >= 0.6 is 0 Å². The maximum atomic E-state index is 11.4. The van der Waals surface area contributed by atoms with E-state index in [-0.39, 0.29) is 5.76 Å². The maximum absolute atomic E-state index is 11.4. The molecule has 0 unspecified atom stereocenters. The van der Waals surface area contributed by atoms with E-state index in [1.54, 1.807) is 30.3 Å². The molecule has 0 heterocycles. The third-order valence-electron chi connectivity index (χ3n) is 2.02. The molecule has 0 aliphatic carbocycles. The lowest BCUT2D eigenvalue weighted by atomic mass is 10.1. The molecule has 0 aliphatic rings. The predicted molar refractivity (Wildman–Crippen MR) is 64.8 cm³/mol. The summed E-state index contributed by atoms with van der Waals surface area (Å²) in [6.45, 7) is 0. The number of carbonyl (C=O) groups is 2. The molecular weight excluding hydrogens is 236 g/mol. The summed E-state index contributed by atoms with van der Waals surface area (Å²) >= 11 is 0. The van der Waals surface area contributed by atoms with Gasteiger partial charge in [-0.15, -0.1) is 0 Å². The molecule has 0 saturated heterocycles. The zero-order chi connectivity index (χ0) is 13.5. The highest BCUT2D eigenvalue weighted by molar-refractivity contribution is 6.06. The molecule has 1 aromatic carbocycles. The van der Waals surface area contributed by atoms with Gasteiger partial charge in [-0.25, -0.2) is 4.79 Å². The average Bonchev–Trinajstić information content (AvgIpc) is 2.38. The molecule has 5 heteroatoms. The average molecular weight is 248 g/mol. The van der Waals surface area contributed by atoms with Crippen molar-refractivity contribution in [3.8, 4) is 0 Å². The van der Waals surface area contributed by atoms with Crippen LogP contribution in [0.3, 0.4) is 0 Å². The van der Waals surface area contributed by atoms with Gasteiger partial charge in [-0.3, -0.25) is 4.79 Å². The Morgan fingerprint density at radius 1 is 1.11 bits per heavy atom. The van der Waals surface area contributed by atoms with Crippen LogP contribution in [0, 0.1) is 0 Å². The van der Waals surface area contributed by atoms with Crippen LogP contribution in [0.15, 0.2) is 48.2 Å². The van der Waals surface area contributed by atoms with E-state index < -0.39 is 17.5 Å². The number of benzene rings is 1. The standard InChI is InChI=1S/C13H12O5/c1-18-13(17)12(16)8-10(14)7-11(15)9-5-3-2-4-6-9/h2-8,15-16H,1H3/b11-7-,12-8-. The first-order chi connectivity index (χ1) is 8.54. The number of ether oxygens (including phenoxy) is 1. The molecule has 2 N–H and O–H groups in total. The van der Waals surface area contributed by atoms with Crippen LogP contribution in [0.4, 0.5) is 0 Å². The van der Waals surface area contributed by atoms with Crippen LogP contribution < -0.4 is 0 Å². The van der Waals surface area contributed by atoms with Crippen molar-refractivity contribution in [2.75, 3.05) is 7.11 Å². The van der Waals surface area contributed by atoms with Gasteiger partial charge in [-0.2, -0.15) is 0 Å². The van der Waals surface area contributed by atoms with Gasteiger partial charge >= 0.3 is 5.97 Å². The number of esters is 1. The molecule has 0 amide bonds. The van der Waals surface area contributed by atoms with E-state index in [0.717, 1.165) is 13.2 Å². The lowest BCUT2D eigenvalue weighted by molar-refractivity contribution is -0.139. The Morgan fingerprint density at radius 3 is 2.28 bits per heavy atom. The van der Waals surface area contributed by atoms with Crippen LogP contribution in [-0.4, -0.2) is 29.1 Å². The second-order valence-corrected chi connectivity index (χ2v) is 3.32. The zero-order valence-electron chi connectivity index (χ0n) is 9.66. The Hall–Kier alpha value is -2.56. The van der Waals surface area contributed by atoms with Crippen LogP contribution in [0.5, 0.6) is 0 Å². The molecule has 0 aromatic heterocycles. The summed E-state index contributed by atoms with van der Waals surface area (Å²) in [6.07, 6.45) is 1.57. The summed E-state index contributed by atoms with van der Waals surface area (Å²) in [5.41, 5.74) is 0.455. The van der Waals surface area contributed by atoms with Crippen LogP contribution in [0.2, 0.25) is 0 Å². The van der Waals surface area contributed by atoms with Gasteiger partial charge < -0.3 is 14.9 Å². The van der Waals surface area contributed by atoms with Crippen molar-refractivity contribution in [2.45, 2.75) is 0 Å². The third kappa shape index (κ3) is 3.79. The van der Waals surface area contributed by atoms with E-state index >= 15 is 0 Å². The number of allylic oxidation sites excluding steroid dienone is 2. The highest BCUT2D eigenvalue weighted by Crippen LogP contribution is 2.10. The highest BCUT2D eigenvalue weighted by Gasteiger charge is 2.09. The van der Waals surface area contributed by atoms with Gasteiger partial charge in [0.05, 0.1) is 7.11 Å². The Balaban J connectivity index is 2.84. The highest BCUT2D eigenvalue weighted by atomic mass is 16.5. The number of aliphatic hydroxyl groups is 2. The fourth-order valence-corrected chi connectivity index (χ4v) is 1.17. The van der Waals surface area contributed by atoms with Gasteiger partial charge in [-0.05, 0) is 0 Å². The molecule has 0 fully saturated rings. The minimum atomic E-state index is -1.02. The van der Waals surface area contributed by atoms with Crippen LogP contribution in [-0.2, 0) is 14.3 Å². The summed E-state index contributed by atoms with van der Waals surface area (Å²) in [7, 11) is 1.08. The monoisotopic (exact) mass is 248 g/mol. The van der Waals surface area contributed by atoms with Gasteiger partial charge in [0, 0.05) is 17.7 Å². The molecular formula is C13H12O5. The van der Waals surface area contributed by atoms with Crippen molar-refractivity contribution >= 4 is 17.5 Å². The normalized spacial score (nSPS) is 12.1. The molecule has 1 rings (SSSR count). The lowest BCUT2D eigenvalue weighted by Crippen LogP contribution is -2.06. The van der Waals surface area contributed by atoms with Gasteiger partial charge in [0.15, 0.2) is 5.78 Å². The van der Waals surface area contributed by atoms with Gasteiger partial charge in [0.1, 0.15) is 5.76 Å². The Kier molecular flexibility index (Phi) is 4.68. The molecule has 5 nitrogen and oxygen atoms in total. The summed E-state index contributed by atoms with van der Waals surface area (Å²) in [5.74, 6) is -2.82. The smallest absolute Gasteiger partial charge is 0.373 e. The molecule has 0 saturated carbocycles. The third-order valence-corrected chi connectivity index (χ3v) is 2.02. The van der Waals surface area contributed by atoms with Crippen LogP contribution in [0.25, 0.3) is 5.76 Å². The van der Waals surface area contributed by atoms with Gasteiger partial charge in [0.2, 0.25) is 5.76 Å². The molecule has 0 radical (unpaired) electrons. The first-order valence-electron chi connectivity index (χ1n) is 5.03. The number of hydrogen-bond donors (Lipinski definition) is 2. The second-order valence-electron chi connectivity index (χ2n) is 3.32. The Labute approximate surface area is 104 Å². The minimum Gasteiger partial charge on any atom is -0.507 e. The van der Waals surface area contributed by atoms with Crippen molar-refractivity contribution in [1.29, 1.82) is 0 Å². The van der Waals surface area contributed by atoms with E-state index in [0.29, 0.717) is 11.6 Å². The summed E-state index contributed by atoms with van der Waals surface area (Å²) in [4.78, 5) is 22.2. The number of ketones is 1. The summed E-state index contributed by atoms with van der Waals surface area (Å²) in [5, 5.41) is 18.7. The van der Waals surface area contributed by atoms with E-state index in [1.807, 2.05) is 0 Å². The molecule has 0 spiro atoms. The lowest BCUT2D eigenvalue weighted by Gasteiger charge is -1.98. The molecule has 94 valence electrons. The van der Waals surface area contributed by atoms with Crippen molar-refractivity contribution in [3.63, 3.8) is 0 Å². The second kappa shape index (κ2) is 6.24. The van der Waals surface area contributed by atoms with E-state index in [4.69, 9.17) is 5.11 Å². The molecule has 1 aromatic rings. The maximum Gasteiger partial charge on any atom is 0.373 e. The van der Waals surface area contributed by atoms with Gasteiger partial charge in [0.25, 0.3) is 0 Å². The minimum absolute atomic E-state index is 0.255. The molecule has 0 bridgehead atoms. The van der Waals surface area contributed by atoms with Gasteiger partial charge in [-0.1, -0.05) is 30.3 Å². The molecule has 0 aliphatic heterocycles. The number of hydrogen-bond acceptors (Lipinski definition) is 5. The molecule has 0 atom stereocenters. The number of aliphatic hydroxyl groups excluding tert-OH is 2. The van der Waals surface area contributed by atoms with Crippen molar-refractivity contribution in [1.82, 2.24) is 0 Å². The number of methoxy groups -OCH3 is 1. The number of carbonyl (C=O) groups excluding carboxylic acids is 2. The first-order valence-corrected chi connectivity index (χ1v) is 5.03. The van der Waals surface area contributed by atoms with Crippen LogP contribution in [0.1, 0.15) is 5.56 Å². The summed E-state index contributed by atoms with van der Waals surface area (Å²) in [6, 6.07) is 8.39. The number of rotatable bonds is 4. The quantitative estimate of drug-likeness (QED) is 0.482. The largest absolute Gasteiger partial charge is 0.507 e. The fraction of sp³-hybridized carbons (Fsp3) is 0.0769. The predicted octanol–water partition coefficient (Wildman–Crippen LogP) is 1.77. The van der Waals surface area contributed by atoms with Crippen molar-refractivity contribution < 1.29 is 24.5 Å². The van der Waals surface area contributed by atoms with E-state index in [2.05, 4.69) is 4.74 Å². The SMILES string of the molecule is COC(=O)/C(O)=C/C(=O)/C=C(\O)c1ccccc1. The van der Waals surface area contributed by atoms with Crippen molar-refractivity contribution in [2.24, 2.45) is 0 Å². The van der Waals surface area contributed by atoms with E-state index in [1.165, 1.54) is 0 Å². The zero-order valence-corrected chi connectivity index (χ0v) is 9.66. The van der Waals surface area contributed by atoms with Crippen molar-refractivity contribution in [3.05, 3.63) is 53.8 Å². The Bertz CT molecular complexity index is 499. The first kappa shape index (κ1) is 13.5. The summed E-state index contributed by atoms with van der Waals surface area (Å²) < 4.78 is 4.21. The van der Waals surface area contributed by atoms with E-state index in [9.17, 15) is 14.7 Å². The Morgan fingerprint density at radius 2 is 1.72 bits per heavy atom.